The smallest absolute Gasteiger partial charge is 0.230 e. The Labute approximate surface area is 177 Å². The molecule has 1 aliphatic rings. The summed E-state index contributed by atoms with van der Waals surface area (Å²) in [5.41, 5.74) is 1.00. The highest BCUT2D eigenvalue weighted by Gasteiger charge is 2.18. The number of carbonyl (C=O) groups excluding carboxylic acids is 1. The molecule has 29 heavy (non-hydrogen) atoms. The van der Waals surface area contributed by atoms with Crippen LogP contribution in [0.2, 0.25) is 0 Å². The molecule has 0 unspecified atom stereocenters. The molecule has 1 fully saturated rings. The van der Waals surface area contributed by atoms with Crippen molar-refractivity contribution in [1.29, 1.82) is 0 Å². The highest BCUT2D eigenvalue weighted by Crippen LogP contribution is 2.26. The van der Waals surface area contributed by atoms with Gasteiger partial charge >= 0.3 is 0 Å². The van der Waals surface area contributed by atoms with Crippen LogP contribution >= 0.6 is 11.8 Å². The first-order valence-electron chi connectivity index (χ1n) is 10.8. The first-order valence-corrected chi connectivity index (χ1v) is 11.8. The van der Waals surface area contributed by atoms with Gasteiger partial charge in [-0.1, -0.05) is 44.4 Å². The van der Waals surface area contributed by atoms with Gasteiger partial charge < -0.3 is 14.6 Å². The van der Waals surface area contributed by atoms with E-state index in [4.69, 9.17) is 4.74 Å². The van der Waals surface area contributed by atoms with Crippen molar-refractivity contribution in [2.24, 2.45) is 0 Å². The molecule has 1 heterocycles. The third kappa shape index (κ3) is 6.23. The zero-order valence-corrected chi connectivity index (χ0v) is 18.3. The van der Waals surface area contributed by atoms with E-state index in [9.17, 15) is 4.79 Å². The topological polar surface area (TPSA) is 69.0 Å². The Hall–Kier alpha value is -2.02. The van der Waals surface area contributed by atoms with Gasteiger partial charge in [0.2, 0.25) is 5.91 Å². The minimum absolute atomic E-state index is 0.0858. The number of aromatic nitrogens is 3. The molecule has 158 valence electrons. The zero-order chi connectivity index (χ0) is 20.5. The molecule has 1 amide bonds. The first-order chi connectivity index (χ1) is 14.2. The van der Waals surface area contributed by atoms with E-state index in [1.165, 1.54) is 31.0 Å². The van der Waals surface area contributed by atoms with Crippen molar-refractivity contribution in [2.45, 2.75) is 76.5 Å². The van der Waals surface area contributed by atoms with Gasteiger partial charge in [-0.05, 0) is 50.5 Å². The molecular formula is C22H32N4O2S. The quantitative estimate of drug-likeness (QED) is 0.450. The average molecular weight is 417 g/mol. The van der Waals surface area contributed by atoms with Gasteiger partial charge in [0, 0.05) is 18.2 Å². The van der Waals surface area contributed by atoms with Gasteiger partial charge in [-0.15, -0.1) is 10.2 Å². The van der Waals surface area contributed by atoms with Crippen LogP contribution in [0.1, 0.15) is 58.8 Å². The molecule has 0 saturated heterocycles. The van der Waals surface area contributed by atoms with Crippen molar-refractivity contribution in [3.8, 4) is 17.1 Å². The molecule has 0 radical (unpaired) electrons. The highest BCUT2D eigenvalue weighted by atomic mass is 32.2. The summed E-state index contributed by atoms with van der Waals surface area (Å²) < 4.78 is 7.80. The van der Waals surface area contributed by atoms with Crippen LogP contribution < -0.4 is 10.1 Å². The van der Waals surface area contributed by atoms with E-state index in [-0.39, 0.29) is 5.91 Å². The summed E-state index contributed by atoms with van der Waals surface area (Å²) in [4.78, 5) is 12.3. The Bertz CT molecular complexity index is 770. The first kappa shape index (κ1) is 21.7. The number of nitrogens with zero attached hydrogens (tertiary/aromatic N) is 3. The number of rotatable bonds is 10. The lowest BCUT2D eigenvalue weighted by Gasteiger charge is -2.22. The van der Waals surface area contributed by atoms with Crippen LogP contribution in [0, 0.1) is 0 Å². The molecule has 1 aromatic carbocycles. The van der Waals surface area contributed by atoms with Crippen LogP contribution in [-0.2, 0) is 11.3 Å². The SMILES string of the molecule is CCCCOc1ccc(-c2nnc(SCC(=O)NC3CCCCC3)n2CC)cc1. The van der Waals surface area contributed by atoms with Gasteiger partial charge in [0.05, 0.1) is 12.4 Å². The molecular weight excluding hydrogens is 384 g/mol. The normalized spacial score (nSPS) is 14.7. The summed E-state index contributed by atoms with van der Waals surface area (Å²) >= 11 is 1.45. The van der Waals surface area contributed by atoms with Crippen LogP contribution in [0.5, 0.6) is 5.75 Å². The van der Waals surface area contributed by atoms with E-state index < -0.39 is 0 Å². The zero-order valence-electron chi connectivity index (χ0n) is 17.5. The van der Waals surface area contributed by atoms with E-state index in [1.54, 1.807) is 0 Å². The van der Waals surface area contributed by atoms with Gasteiger partial charge in [-0.25, -0.2) is 0 Å². The number of carbonyl (C=O) groups is 1. The third-order valence-corrected chi connectivity index (χ3v) is 6.18. The predicted molar refractivity (Wildman–Crippen MR) is 117 cm³/mol. The van der Waals surface area contributed by atoms with E-state index in [0.29, 0.717) is 11.8 Å². The maximum atomic E-state index is 12.3. The number of hydrogen-bond donors (Lipinski definition) is 1. The van der Waals surface area contributed by atoms with E-state index in [0.717, 1.165) is 61.1 Å². The summed E-state index contributed by atoms with van der Waals surface area (Å²) in [6, 6.07) is 8.33. The fourth-order valence-corrected chi connectivity index (χ4v) is 4.39. The molecule has 1 aliphatic carbocycles. The standard InChI is InChI=1S/C22H32N4O2S/c1-3-5-15-28-19-13-11-17(12-14-19)21-24-25-22(26(21)4-2)29-16-20(27)23-18-9-7-6-8-10-18/h11-14,18H,3-10,15-16H2,1-2H3,(H,23,27). The van der Waals surface area contributed by atoms with Crippen molar-refractivity contribution in [3.05, 3.63) is 24.3 Å². The third-order valence-electron chi connectivity index (χ3n) is 5.21. The number of amides is 1. The summed E-state index contributed by atoms with van der Waals surface area (Å²) in [7, 11) is 0. The van der Waals surface area contributed by atoms with Crippen molar-refractivity contribution in [3.63, 3.8) is 0 Å². The van der Waals surface area contributed by atoms with Gasteiger partial charge in [-0.2, -0.15) is 0 Å². The monoisotopic (exact) mass is 416 g/mol. The molecule has 0 bridgehead atoms. The van der Waals surface area contributed by atoms with Gasteiger partial charge in [0.15, 0.2) is 11.0 Å². The van der Waals surface area contributed by atoms with Crippen LogP contribution in [0.15, 0.2) is 29.4 Å². The minimum atomic E-state index is 0.0858. The lowest BCUT2D eigenvalue weighted by molar-refractivity contribution is -0.119. The number of thioether (sulfide) groups is 1. The van der Waals surface area contributed by atoms with Crippen LogP contribution in [-0.4, -0.2) is 39.1 Å². The number of hydrogen-bond acceptors (Lipinski definition) is 5. The molecule has 7 heteroatoms. The molecule has 0 atom stereocenters. The van der Waals surface area contributed by atoms with Crippen LogP contribution in [0.3, 0.4) is 0 Å². The number of ether oxygens (including phenoxy) is 1. The van der Waals surface area contributed by atoms with E-state index in [1.807, 2.05) is 24.3 Å². The van der Waals surface area contributed by atoms with Crippen molar-refractivity contribution >= 4 is 17.7 Å². The lowest BCUT2D eigenvalue weighted by atomic mass is 9.95. The maximum absolute atomic E-state index is 12.3. The second-order valence-corrected chi connectivity index (χ2v) is 8.41. The van der Waals surface area contributed by atoms with Crippen molar-refractivity contribution < 1.29 is 9.53 Å². The predicted octanol–water partition coefficient (Wildman–Crippen LogP) is 4.68. The van der Waals surface area contributed by atoms with E-state index >= 15 is 0 Å². The fraction of sp³-hybridized carbons (Fsp3) is 0.591. The Morgan fingerprint density at radius 2 is 1.93 bits per heavy atom. The molecule has 6 nitrogen and oxygen atoms in total. The Morgan fingerprint density at radius 3 is 2.62 bits per heavy atom. The molecule has 1 N–H and O–H groups in total. The Morgan fingerprint density at radius 1 is 1.17 bits per heavy atom. The maximum Gasteiger partial charge on any atom is 0.230 e. The number of unbranched alkanes of at least 4 members (excludes halogenated alkanes) is 1. The summed E-state index contributed by atoms with van der Waals surface area (Å²) in [5, 5.41) is 12.6. The second-order valence-electron chi connectivity index (χ2n) is 7.47. The number of benzene rings is 1. The summed E-state index contributed by atoms with van der Waals surface area (Å²) in [6.07, 6.45) is 8.10. The minimum Gasteiger partial charge on any atom is -0.494 e. The van der Waals surface area contributed by atoms with Crippen LogP contribution in [0.25, 0.3) is 11.4 Å². The van der Waals surface area contributed by atoms with Crippen LogP contribution in [0.4, 0.5) is 0 Å². The van der Waals surface area contributed by atoms with Gasteiger partial charge in [0.1, 0.15) is 5.75 Å². The Balaban J connectivity index is 1.58. The van der Waals surface area contributed by atoms with Crippen molar-refractivity contribution in [1.82, 2.24) is 20.1 Å². The molecule has 1 aromatic heterocycles. The molecule has 0 spiro atoms. The summed E-state index contributed by atoms with van der Waals surface area (Å²) in [5.74, 6) is 2.16. The lowest BCUT2D eigenvalue weighted by Crippen LogP contribution is -2.37. The van der Waals surface area contributed by atoms with Crippen molar-refractivity contribution in [2.75, 3.05) is 12.4 Å². The fourth-order valence-electron chi connectivity index (χ4n) is 3.58. The molecule has 2 aromatic rings. The molecule has 0 aliphatic heterocycles. The average Bonchev–Trinajstić information content (AvgIpc) is 3.16. The summed E-state index contributed by atoms with van der Waals surface area (Å²) in [6.45, 7) is 5.72. The molecule has 1 saturated carbocycles. The second kappa shape index (κ2) is 11.2. The van der Waals surface area contributed by atoms with Gasteiger partial charge in [0.25, 0.3) is 0 Å². The number of nitrogens with one attached hydrogen (secondary N) is 1. The van der Waals surface area contributed by atoms with E-state index in [2.05, 4.69) is 33.9 Å². The van der Waals surface area contributed by atoms with Gasteiger partial charge in [-0.3, -0.25) is 4.79 Å². The largest absolute Gasteiger partial charge is 0.494 e. The highest BCUT2D eigenvalue weighted by molar-refractivity contribution is 7.99. The molecule has 3 rings (SSSR count). The Kier molecular flexibility index (Phi) is 8.40.